The summed E-state index contributed by atoms with van der Waals surface area (Å²) >= 11 is 0. The molecule has 3 N–H and O–H groups in total. The number of halogens is 3. The van der Waals surface area contributed by atoms with Gasteiger partial charge in [0.05, 0.1) is 6.20 Å². The summed E-state index contributed by atoms with van der Waals surface area (Å²) in [7, 11) is 0. The van der Waals surface area contributed by atoms with Gasteiger partial charge in [-0.3, -0.25) is 0 Å². The van der Waals surface area contributed by atoms with E-state index in [1.165, 1.54) is 6.20 Å². The van der Waals surface area contributed by atoms with Gasteiger partial charge in [-0.05, 0) is 6.92 Å². The van der Waals surface area contributed by atoms with Gasteiger partial charge in [0, 0.05) is 12.6 Å². The third-order valence-corrected chi connectivity index (χ3v) is 2.23. The fraction of sp³-hybridized carbons (Fsp3) is 0.300. The number of anilines is 1. The van der Waals surface area contributed by atoms with Gasteiger partial charge >= 0.3 is 18.1 Å². The summed E-state index contributed by atoms with van der Waals surface area (Å²) in [5.74, 6) is -4.56. The summed E-state index contributed by atoms with van der Waals surface area (Å²) in [4.78, 5) is 21.4. The van der Waals surface area contributed by atoms with Crippen molar-refractivity contribution in [1.82, 2.24) is 9.78 Å². The first-order valence-corrected chi connectivity index (χ1v) is 5.25. The second-order valence-electron chi connectivity index (χ2n) is 3.52. The molecule has 0 amide bonds. The Balaban J connectivity index is 3.38. The third-order valence-electron chi connectivity index (χ3n) is 2.23. The van der Waals surface area contributed by atoms with Crippen LogP contribution in [0.3, 0.4) is 0 Å². The molecule has 0 radical (unpaired) electrons. The van der Waals surface area contributed by atoms with E-state index >= 15 is 0 Å². The zero-order valence-electron chi connectivity index (χ0n) is 10.1. The third kappa shape index (κ3) is 3.28. The van der Waals surface area contributed by atoms with Crippen LogP contribution in [0.25, 0.3) is 0 Å². The number of aryl methyl sites for hydroxylation is 1. The zero-order valence-corrected chi connectivity index (χ0v) is 10.1. The van der Waals surface area contributed by atoms with Crippen LogP contribution in [0.5, 0.6) is 0 Å². The predicted octanol–water partition coefficient (Wildman–Crippen LogP) is 1.30. The molecule has 10 heteroatoms. The number of carbonyl (C=O) groups is 2. The molecule has 110 valence electrons. The number of hydrogen-bond donors (Lipinski definition) is 3. The number of allylic oxidation sites excluding steroid dienone is 1. The van der Waals surface area contributed by atoms with Crippen LogP contribution in [-0.4, -0.2) is 38.1 Å². The van der Waals surface area contributed by atoms with Crippen LogP contribution in [0.2, 0.25) is 0 Å². The molecule has 1 rings (SSSR count). The number of carboxylic acids is 2. The maximum atomic E-state index is 12.8. The normalized spacial score (nSPS) is 11.0. The molecule has 0 aromatic carbocycles. The van der Waals surface area contributed by atoms with Crippen LogP contribution in [0.4, 0.5) is 19.0 Å². The van der Waals surface area contributed by atoms with E-state index in [0.29, 0.717) is 0 Å². The standard InChI is InChI=1S/C10H10F3N3O4/c1-2-16-5(3-4-14-16)15-7(10(11,12)13)6(8(17)18)9(19)20/h3-4,15H,2H2,1H3,(H,17,18)(H,19,20). The molecule has 0 fully saturated rings. The summed E-state index contributed by atoms with van der Waals surface area (Å²) < 4.78 is 39.6. The molecule has 7 nitrogen and oxygen atoms in total. The Morgan fingerprint density at radius 3 is 2.30 bits per heavy atom. The maximum Gasteiger partial charge on any atom is 0.432 e. The number of rotatable bonds is 5. The summed E-state index contributed by atoms with van der Waals surface area (Å²) in [6.45, 7) is 1.82. The second kappa shape index (κ2) is 5.63. The lowest BCUT2D eigenvalue weighted by Crippen LogP contribution is -2.28. The van der Waals surface area contributed by atoms with Gasteiger partial charge in [0.2, 0.25) is 0 Å². The van der Waals surface area contributed by atoms with Gasteiger partial charge in [-0.1, -0.05) is 0 Å². The van der Waals surface area contributed by atoms with Crippen LogP contribution >= 0.6 is 0 Å². The monoisotopic (exact) mass is 293 g/mol. The average Bonchev–Trinajstić information content (AvgIpc) is 2.73. The minimum absolute atomic E-state index is 0.167. The molecule has 1 heterocycles. The second-order valence-corrected chi connectivity index (χ2v) is 3.52. The van der Waals surface area contributed by atoms with E-state index in [0.717, 1.165) is 10.7 Å². The molecule has 0 atom stereocenters. The smallest absolute Gasteiger partial charge is 0.432 e. The van der Waals surface area contributed by atoms with E-state index in [2.05, 4.69) is 5.10 Å². The van der Waals surface area contributed by atoms with Crippen molar-refractivity contribution >= 4 is 17.8 Å². The highest BCUT2D eigenvalue weighted by Gasteiger charge is 2.41. The Morgan fingerprint density at radius 1 is 1.35 bits per heavy atom. The van der Waals surface area contributed by atoms with E-state index in [4.69, 9.17) is 10.2 Å². The Kier molecular flexibility index (Phi) is 4.38. The van der Waals surface area contributed by atoms with Gasteiger partial charge in [0.25, 0.3) is 0 Å². The Hall–Kier alpha value is -2.52. The molecule has 0 spiro atoms. The van der Waals surface area contributed by atoms with Crippen LogP contribution in [-0.2, 0) is 16.1 Å². The summed E-state index contributed by atoms with van der Waals surface area (Å²) in [6, 6.07) is 1.16. The lowest BCUT2D eigenvalue weighted by atomic mass is 10.2. The van der Waals surface area contributed by atoms with E-state index in [1.807, 2.05) is 0 Å². The van der Waals surface area contributed by atoms with E-state index in [-0.39, 0.29) is 12.4 Å². The Bertz CT molecular complexity index is 546. The van der Waals surface area contributed by atoms with E-state index < -0.39 is 29.4 Å². The van der Waals surface area contributed by atoms with E-state index in [1.54, 1.807) is 12.2 Å². The molecular formula is C10H10F3N3O4. The topological polar surface area (TPSA) is 104 Å². The maximum absolute atomic E-state index is 12.8. The molecule has 0 bridgehead atoms. The fourth-order valence-electron chi connectivity index (χ4n) is 1.40. The number of alkyl halides is 3. The molecule has 0 aliphatic heterocycles. The molecule has 1 aromatic rings. The van der Waals surface area contributed by atoms with Crippen LogP contribution in [0.15, 0.2) is 23.5 Å². The predicted molar refractivity (Wildman–Crippen MR) is 59.9 cm³/mol. The summed E-state index contributed by atoms with van der Waals surface area (Å²) in [5.41, 5.74) is -3.66. The fourth-order valence-corrected chi connectivity index (χ4v) is 1.40. The molecule has 0 saturated carbocycles. The molecule has 1 aromatic heterocycles. The number of nitrogens with zero attached hydrogens (tertiary/aromatic N) is 2. The molecule has 0 aliphatic carbocycles. The average molecular weight is 293 g/mol. The lowest BCUT2D eigenvalue weighted by Gasteiger charge is -2.16. The van der Waals surface area contributed by atoms with Crippen molar-refractivity contribution in [2.75, 3.05) is 5.32 Å². The largest absolute Gasteiger partial charge is 0.477 e. The molecule has 0 aliphatic rings. The van der Waals surface area contributed by atoms with Crippen LogP contribution in [0, 0.1) is 0 Å². The Morgan fingerprint density at radius 2 is 1.90 bits per heavy atom. The van der Waals surface area contributed by atoms with Gasteiger partial charge < -0.3 is 15.5 Å². The molecule has 0 unspecified atom stereocenters. The Labute approximate surface area is 110 Å². The highest BCUT2D eigenvalue weighted by Crippen LogP contribution is 2.29. The number of aliphatic carboxylic acids is 2. The minimum atomic E-state index is -5.17. The van der Waals surface area contributed by atoms with Crippen molar-refractivity contribution < 1.29 is 33.0 Å². The van der Waals surface area contributed by atoms with Crippen molar-refractivity contribution in [2.24, 2.45) is 0 Å². The SMILES string of the molecule is CCn1nccc1NC(=C(C(=O)O)C(=O)O)C(F)(F)F. The van der Waals surface area contributed by atoms with Crippen molar-refractivity contribution in [3.8, 4) is 0 Å². The van der Waals surface area contributed by atoms with Gasteiger partial charge in [-0.25, -0.2) is 14.3 Å². The first-order valence-electron chi connectivity index (χ1n) is 5.25. The first-order chi connectivity index (χ1) is 9.18. The number of nitrogens with one attached hydrogen (secondary N) is 1. The van der Waals surface area contributed by atoms with E-state index in [9.17, 15) is 22.8 Å². The summed E-state index contributed by atoms with van der Waals surface area (Å²) in [6.07, 6.45) is -3.98. The van der Waals surface area contributed by atoms with Crippen molar-refractivity contribution in [2.45, 2.75) is 19.6 Å². The van der Waals surface area contributed by atoms with Crippen molar-refractivity contribution in [3.63, 3.8) is 0 Å². The highest BCUT2D eigenvalue weighted by atomic mass is 19.4. The van der Waals surface area contributed by atoms with Gasteiger partial charge in [0.1, 0.15) is 11.5 Å². The highest BCUT2D eigenvalue weighted by molar-refractivity contribution is 6.13. The lowest BCUT2D eigenvalue weighted by molar-refractivity contribution is -0.142. The van der Waals surface area contributed by atoms with Gasteiger partial charge in [-0.15, -0.1) is 0 Å². The van der Waals surface area contributed by atoms with Crippen molar-refractivity contribution in [3.05, 3.63) is 23.5 Å². The molecular weight excluding hydrogens is 283 g/mol. The molecule has 20 heavy (non-hydrogen) atoms. The first kappa shape index (κ1) is 15.5. The minimum Gasteiger partial charge on any atom is -0.477 e. The van der Waals surface area contributed by atoms with Gasteiger partial charge in [-0.2, -0.15) is 18.3 Å². The quantitative estimate of drug-likeness (QED) is 0.429. The number of aromatic nitrogens is 2. The van der Waals surface area contributed by atoms with Gasteiger partial charge in [0.15, 0.2) is 5.57 Å². The number of carboxylic acid groups (broad SMARTS) is 2. The van der Waals surface area contributed by atoms with Crippen LogP contribution < -0.4 is 5.32 Å². The van der Waals surface area contributed by atoms with Crippen molar-refractivity contribution in [1.29, 1.82) is 0 Å². The van der Waals surface area contributed by atoms with Crippen LogP contribution in [0.1, 0.15) is 6.92 Å². The number of hydrogen-bond acceptors (Lipinski definition) is 4. The molecule has 0 saturated heterocycles. The summed E-state index contributed by atoms with van der Waals surface area (Å²) in [5, 5.41) is 22.7. The zero-order chi connectivity index (χ0) is 15.5.